The summed E-state index contributed by atoms with van der Waals surface area (Å²) >= 11 is 5.92. The number of carbonyl (C=O) groups is 1. The minimum atomic E-state index is -3.96. The topological polar surface area (TPSA) is 66.5 Å². The van der Waals surface area contributed by atoms with Gasteiger partial charge in [-0.3, -0.25) is 9.10 Å². The molecule has 0 aliphatic heterocycles. The smallest absolute Gasteiger partial charge is 0.264 e. The number of aryl methyl sites for hydroxylation is 2. The summed E-state index contributed by atoms with van der Waals surface area (Å²) in [4.78, 5) is 12.7. The molecule has 0 atom stereocenters. The molecule has 162 valence electrons. The van der Waals surface area contributed by atoms with E-state index in [-0.39, 0.29) is 17.3 Å². The van der Waals surface area contributed by atoms with Crippen LogP contribution in [0, 0.1) is 13.8 Å². The van der Waals surface area contributed by atoms with Gasteiger partial charge in [-0.25, -0.2) is 8.42 Å². The number of halogens is 1. The third-order valence-corrected chi connectivity index (χ3v) is 7.09. The molecule has 0 aliphatic carbocycles. The largest absolute Gasteiger partial charge is 0.354 e. The molecule has 5 nitrogen and oxygen atoms in total. The van der Waals surface area contributed by atoms with Crippen molar-refractivity contribution < 1.29 is 13.2 Å². The number of nitrogens with one attached hydrogen (secondary N) is 1. The Hall–Kier alpha value is -2.83. The van der Waals surface area contributed by atoms with Crippen molar-refractivity contribution in [1.29, 1.82) is 0 Å². The summed E-state index contributed by atoms with van der Waals surface area (Å²) in [5.41, 5.74) is 3.53. The number of hydrogen-bond donors (Lipinski definition) is 1. The van der Waals surface area contributed by atoms with Crippen molar-refractivity contribution in [3.8, 4) is 0 Å². The predicted octanol–water partition coefficient (Wildman–Crippen LogP) is 4.51. The highest BCUT2D eigenvalue weighted by atomic mass is 35.5. The average Bonchev–Trinajstić information content (AvgIpc) is 2.75. The van der Waals surface area contributed by atoms with Crippen molar-refractivity contribution >= 4 is 33.2 Å². The highest BCUT2D eigenvalue weighted by molar-refractivity contribution is 7.92. The number of sulfonamides is 1. The molecular weight excluding hydrogens is 432 g/mol. The molecular formula is C24H25ClN2O3S. The lowest BCUT2D eigenvalue weighted by atomic mass is 10.1. The summed E-state index contributed by atoms with van der Waals surface area (Å²) in [6.07, 6.45) is 0.667. The Balaban J connectivity index is 1.82. The molecule has 0 unspecified atom stereocenters. The van der Waals surface area contributed by atoms with Crippen LogP contribution in [0.15, 0.2) is 77.7 Å². The highest BCUT2D eigenvalue weighted by Gasteiger charge is 2.27. The molecule has 0 aliphatic rings. The lowest BCUT2D eigenvalue weighted by molar-refractivity contribution is -0.119. The van der Waals surface area contributed by atoms with E-state index >= 15 is 0 Å². The third-order valence-electron chi connectivity index (χ3n) is 5.05. The summed E-state index contributed by atoms with van der Waals surface area (Å²) in [7, 11) is -3.96. The van der Waals surface area contributed by atoms with Crippen LogP contribution < -0.4 is 9.62 Å². The highest BCUT2D eigenvalue weighted by Crippen LogP contribution is 2.26. The molecule has 1 amide bonds. The Morgan fingerprint density at radius 3 is 2.26 bits per heavy atom. The van der Waals surface area contributed by atoms with Crippen LogP contribution in [0.25, 0.3) is 0 Å². The minimum absolute atomic E-state index is 0.0761. The zero-order chi connectivity index (χ0) is 22.4. The van der Waals surface area contributed by atoms with Gasteiger partial charge in [0.1, 0.15) is 6.54 Å². The van der Waals surface area contributed by atoms with Gasteiger partial charge in [-0.05, 0) is 73.4 Å². The van der Waals surface area contributed by atoms with Gasteiger partial charge in [-0.15, -0.1) is 0 Å². The number of amides is 1. The lowest BCUT2D eigenvalue weighted by Gasteiger charge is -2.25. The second-order valence-corrected chi connectivity index (χ2v) is 9.62. The van der Waals surface area contributed by atoms with E-state index in [1.807, 2.05) is 50.2 Å². The second kappa shape index (κ2) is 9.98. The van der Waals surface area contributed by atoms with Crippen molar-refractivity contribution in [2.24, 2.45) is 0 Å². The van der Waals surface area contributed by atoms with E-state index < -0.39 is 10.0 Å². The van der Waals surface area contributed by atoms with Gasteiger partial charge < -0.3 is 5.32 Å². The fourth-order valence-corrected chi connectivity index (χ4v) is 4.65. The van der Waals surface area contributed by atoms with Crippen LogP contribution in [0.1, 0.15) is 16.7 Å². The van der Waals surface area contributed by atoms with Crippen LogP contribution in [0.3, 0.4) is 0 Å². The second-order valence-electron chi connectivity index (χ2n) is 7.32. The van der Waals surface area contributed by atoms with Crippen LogP contribution in [0.2, 0.25) is 5.02 Å². The maximum Gasteiger partial charge on any atom is 0.264 e. The van der Waals surface area contributed by atoms with E-state index in [0.29, 0.717) is 23.7 Å². The molecule has 0 saturated carbocycles. The lowest BCUT2D eigenvalue weighted by Crippen LogP contribution is -2.41. The fourth-order valence-electron chi connectivity index (χ4n) is 3.11. The molecule has 0 fully saturated rings. The van der Waals surface area contributed by atoms with Gasteiger partial charge in [0, 0.05) is 11.6 Å². The molecule has 7 heteroatoms. The molecule has 3 aromatic carbocycles. The molecule has 31 heavy (non-hydrogen) atoms. The number of anilines is 1. The van der Waals surface area contributed by atoms with Gasteiger partial charge in [0.05, 0.1) is 10.6 Å². The predicted molar refractivity (Wildman–Crippen MR) is 125 cm³/mol. The van der Waals surface area contributed by atoms with E-state index in [1.165, 1.54) is 24.3 Å². The van der Waals surface area contributed by atoms with Gasteiger partial charge in [-0.1, -0.05) is 48.0 Å². The monoisotopic (exact) mass is 456 g/mol. The average molecular weight is 457 g/mol. The number of benzene rings is 3. The van der Waals surface area contributed by atoms with E-state index in [2.05, 4.69) is 5.32 Å². The first kappa shape index (κ1) is 22.8. The van der Waals surface area contributed by atoms with Crippen molar-refractivity contribution in [2.75, 3.05) is 17.4 Å². The van der Waals surface area contributed by atoms with Gasteiger partial charge in [0.2, 0.25) is 5.91 Å². The first-order chi connectivity index (χ1) is 14.8. The normalized spacial score (nSPS) is 11.2. The summed E-state index contributed by atoms with van der Waals surface area (Å²) in [6.45, 7) is 3.96. The van der Waals surface area contributed by atoms with Crippen LogP contribution >= 0.6 is 11.6 Å². The van der Waals surface area contributed by atoms with Gasteiger partial charge >= 0.3 is 0 Å². The standard InChI is InChI=1S/C24H25ClN2O3S/c1-18-8-11-22(16-19(18)2)27(31(29,30)23-12-9-21(25)10-13-23)17-24(28)26-15-14-20-6-4-3-5-7-20/h3-13,16H,14-15,17H2,1-2H3,(H,26,28). The van der Waals surface area contributed by atoms with Crippen LogP contribution in [-0.2, 0) is 21.2 Å². The van der Waals surface area contributed by atoms with Crippen LogP contribution in [0.4, 0.5) is 5.69 Å². The minimum Gasteiger partial charge on any atom is -0.354 e. The Morgan fingerprint density at radius 2 is 1.61 bits per heavy atom. The third kappa shape index (κ3) is 5.87. The number of carbonyl (C=O) groups excluding carboxylic acids is 1. The summed E-state index contributed by atoms with van der Waals surface area (Å²) < 4.78 is 27.9. The molecule has 3 aromatic rings. The van der Waals surface area contributed by atoms with E-state index in [1.54, 1.807) is 12.1 Å². The van der Waals surface area contributed by atoms with Crippen LogP contribution in [-0.4, -0.2) is 27.4 Å². The Labute approximate surface area is 188 Å². The van der Waals surface area contributed by atoms with E-state index in [9.17, 15) is 13.2 Å². The SMILES string of the molecule is Cc1ccc(N(CC(=O)NCCc2ccccc2)S(=O)(=O)c2ccc(Cl)cc2)cc1C. The van der Waals surface area contributed by atoms with Gasteiger partial charge in [0.25, 0.3) is 10.0 Å². The van der Waals surface area contributed by atoms with Crippen molar-refractivity contribution in [3.05, 3.63) is 94.5 Å². The zero-order valence-electron chi connectivity index (χ0n) is 17.5. The molecule has 0 saturated heterocycles. The summed E-state index contributed by atoms with van der Waals surface area (Å²) in [5.74, 6) is -0.369. The number of nitrogens with zero attached hydrogens (tertiary/aromatic N) is 1. The van der Waals surface area contributed by atoms with E-state index in [4.69, 9.17) is 11.6 Å². The summed E-state index contributed by atoms with van der Waals surface area (Å²) in [6, 6.07) is 21.1. The Morgan fingerprint density at radius 1 is 0.935 bits per heavy atom. The first-order valence-electron chi connectivity index (χ1n) is 9.93. The molecule has 0 heterocycles. The number of hydrogen-bond acceptors (Lipinski definition) is 3. The van der Waals surface area contributed by atoms with Gasteiger partial charge in [-0.2, -0.15) is 0 Å². The zero-order valence-corrected chi connectivity index (χ0v) is 19.1. The molecule has 3 rings (SSSR count). The van der Waals surface area contributed by atoms with Crippen molar-refractivity contribution in [1.82, 2.24) is 5.32 Å². The molecule has 1 N–H and O–H groups in total. The quantitative estimate of drug-likeness (QED) is 0.542. The van der Waals surface area contributed by atoms with Crippen molar-refractivity contribution in [3.63, 3.8) is 0 Å². The molecule has 0 aromatic heterocycles. The van der Waals surface area contributed by atoms with E-state index in [0.717, 1.165) is 21.0 Å². The molecule has 0 radical (unpaired) electrons. The maximum absolute atomic E-state index is 13.4. The Kier molecular flexibility index (Phi) is 7.36. The van der Waals surface area contributed by atoms with Crippen LogP contribution in [0.5, 0.6) is 0 Å². The molecule has 0 bridgehead atoms. The van der Waals surface area contributed by atoms with Gasteiger partial charge in [0.15, 0.2) is 0 Å². The van der Waals surface area contributed by atoms with Crippen molar-refractivity contribution in [2.45, 2.75) is 25.2 Å². The maximum atomic E-state index is 13.4. The summed E-state index contributed by atoms with van der Waals surface area (Å²) in [5, 5.41) is 3.26. The Bertz CT molecular complexity index is 1150. The molecule has 0 spiro atoms. The number of rotatable bonds is 8. The first-order valence-corrected chi connectivity index (χ1v) is 11.8. The fraction of sp³-hybridized carbons (Fsp3) is 0.208.